The topological polar surface area (TPSA) is 72.9 Å². The Labute approximate surface area is 115 Å². The highest BCUT2D eigenvalue weighted by Crippen LogP contribution is 2.12. The number of carboxylic acid groups (broad SMARTS) is 1. The summed E-state index contributed by atoms with van der Waals surface area (Å²) in [5.41, 5.74) is -1.22. The normalized spacial score (nSPS) is 13.2. The molecule has 0 aliphatic heterocycles. The van der Waals surface area contributed by atoms with Crippen LogP contribution in [0.5, 0.6) is 0 Å². The highest BCUT2D eigenvalue weighted by molar-refractivity contribution is 5.85. The third kappa shape index (κ3) is 5.06. The molecule has 6 heteroatoms. The maximum Gasteiger partial charge on any atom is 0.329 e. The lowest BCUT2D eigenvalue weighted by Gasteiger charge is -2.33. The monoisotopic (exact) mass is 273 g/mol. The zero-order chi connectivity index (χ0) is 15.2. The van der Waals surface area contributed by atoms with Crippen LogP contribution in [0.2, 0.25) is 0 Å². The van der Waals surface area contributed by atoms with E-state index >= 15 is 0 Å². The Hall–Kier alpha value is -1.30. The molecule has 0 heterocycles. The Morgan fingerprint density at radius 1 is 1.26 bits per heavy atom. The van der Waals surface area contributed by atoms with Gasteiger partial charge >= 0.3 is 12.0 Å². The van der Waals surface area contributed by atoms with Gasteiger partial charge in [-0.05, 0) is 33.9 Å². The van der Waals surface area contributed by atoms with Crippen LogP contribution >= 0.6 is 0 Å². The van der Waals surface area contributed by atoms with Gasteiger partial charge in [0.15, 0.2) is 0 Å². The summed E-state index contributed by atoms with van der Waals surface area (Å²) in [5, 5.41) is 11.9. The molecule has 0 aliphatic carbocycles. The van der Waals surface area contributed by atoms with Crippen molar-refractivity contribution >= 4 is 12.0 Å². The molecule has 112 valence electrons. The number of rotatable bonds is 7. The van der Waals surface area contributed by atoms with Crippen molar-refractivity contribution in [3.63, 3.8) is 0 Å². The van der Waals surface area contributed by atoms with Crippen LogP contribution in [0, 0.1) is 0 Å². The SMILES string of the molecule is CCN(CC)CC(C)NC(=O)N(C)C(C)(C)C(=O)O. The Morgan fingerprint density at radius 2 is 1.74 bits per heavy atom. The van der Waals surface area contributed by atoms with Crippen molar-refractivity contribution < 1.29 is 14.7 Å². The predicted molar refractivity (Wildman–Crippen MR) is 75.3 cm³/mol. The zero-order valence-electron chi connectivity index (χ0n) is 12.9. The largest absolute Gasteiger partial charge is 0.480 e. The van der Waals surface area contributed by atoms with E-state index in [2.05, 4.69) is 24.1 Å². The van der Waals surface area contributed by atoms with Crippen LogP contribution in [0.15, 0.2) is 0 Å². The molecule has 1 unspecified atom stereocenters. The van der Waals surface area contributed by atoms with Gasteiger partial charge in [-0.3, -0.25) is 0 Å². The van der Waals surface area contributed by atoms with E-state index in [1.165, 1.54) is 25.8 Å². The summed E-state index contributed by atoms with van der Waals surface area (Å²) >= 11 is 0. The van der Waals surface area contributed by atoms with Crippen molar-refractivity contribution in [2.75, 3.05) is 26.7 Å². The van der Waals surface area contributed by atoms with Crippen molar-refractivity contribution in [2.45, 2.75) is 46.2 Å². The van der Waals surface area contributed by atoms with Gasteiger partial charge in [0.2, 0.25) is 0 Å². The first-order valence-corrected chi connectivity index (χ1v) is 6.66. The maximum absolute atomic E-state index is 12.0. The van der Waals surface area contributed by atoms with Crippen molar-refractivity contribution in [3.8, 4) is 0 Å². The van der Waals surface area contributed by atoms with E-state index in [4.69, 9.17) is 5.11 Å². The van der Waals surface area contributed by atoms with Gasteiger partial charge in [-0.2, -0.15) is 0 Å². The molecule has 0 aromatic rings. The van der Waals surface area contributed by atoms with Gasteiger partial charge in [-0.15, -0.1) is 0 Å². The summed E-state index contributed by atoms with van der Waals surface area (Å²) in [6, 6.07) is -0.397. The van der Waals surface area contributed by atoms with E-state index in [0.29, 0.717) is 0 Å². The third-order valence-electron chi connectivity index (χ3n) is 3.46. The molecule has 0 saturated carbocycles. The Morgan fingerprint density at radius 3 is 2.11 bits per heavy atom. The molecule has 0 spiro atoms. The molecular formula is C13H27N3O3. The molecule has 0 fully saturated rings. The minimum absolute atomic E-state index is 0.0283. The molecule has 1 atom stereocenters. The second kappa shape index (κ2) is 7.33. The number of nitrogens with one attached hydrogen (secondary N) is 1. The summed E-state index contributed by atoms with van der Waals surface area (Å²) in [5.74, 6) is -1.03. The molecule has 0 saturated heterocycles. The summed E-state index contributed by atoms with van der Waals surface area (Å²) in [7, 11) is 1.49. The molecule has 0 aliphatic rings. The number of urea groups is 1. The number of likely N-dealkylation sites (N-methyl/N-ethyl adjacent to an activating group) is 2. The fourth-order valence-corrected chi connectivity index (χ4v) is 1.62. The van der Waals surface area contributed by atoms with E-state index in [1.54, 1.807) is 0 Å². The maximum atomic E-state index is 12.0. The smallest absolute Gasteiger partial charge is 0.329 e. The molecular weight excluding hydrogens is 246 g/mol. The number of carbonyl (C=O) groups is 2. The average Bonchev–Trinajstić information content (AvgIpc) is 2.34. The van der Waals surface area contributed by atoms with Crippen LogP contribution in [-0.4, -0.2) is 65.2 Å². The van der Waals surface area contributed by atoms with Crippen LogP contribution in [0.1, 0.15) is 34.6 Å². The first kappa shape index (κ1) is 17.7. The lowest BCUT2D eigenvalue weighted by molar-refractivity contribution is -0.146. The van der Waals surface area contributed by atoms with Crippen molar-refractivity contribution in [1.82, 2.24) is 15.1 Å². The molecule has 19 heavy (non-hydrogen) atoms. The van der Waals surface area contributed by atoms with Crippen LogP contribution in [0.3, 0.4) is 0 Å². The molecule has 0 rings (SSSR count). The quantitative estimate of drug-likeness (QED) is 0.731. The van der Waals surface area contributed by atoms with Crippen molar-refractivity contribution in [1.29, 1.82) is 0 Å². The number of hydrogen-bond acceptors (Lipinski definition) is 3. The van der Waals surface area contributed by atoms with E-state index in [1.807, 2.05) is 6.92 Å². The molecule has 2 amide bonds. The lowest BCUT2D eigenvalue weighted by Crippen LogP contribution is -2.56. The molecule has 0 aromatic carbocycles. The number of nitrogens with zero attached hydrogens (tertiary/aromatic N) is 2. The van der Waals surface area contributed by atoms with Crippen LogP contribution in [0.4, 0.5) is 4.79 Å². The van der Waals surface area contributed by atoms with Crippen LogP contribution in [0.25, 0.3) is 0 Å². The standard InChI is InChI=1S/C13H27N3O3/c1-7-16(8-2)9-10(3)14-12(19)15(6)13(4,5)11(17)18/h10H,7-9H2,1-6H3,(H,14,19)(H,17,18). The summed E-state index contributed by atoms with van der Waals surface area (Å²) in [6.07, 6.45) is 0. The number of carboxylic acids is 1. The summed E-state index contributed by atoms with van der Waals surface area (Å²) in [6.45, 7) is 11.7. The molecule has 0 bridgehead atoms. The van der Waals surface area contributed by atoms with E-state index in [-0.39, 0.29) is 12.1 Å². The first-order chi connectivity index (χ1) is 8.66. The van der Waals surface area contributed by atoms with Gasteiger partial charge in [-0.1, -0.05) is 13.8 Å². The van der Waals surface area contributed by atoms with Crippen molar-refractivity contribution in [3.05, 3.63) is 0 Å². The Bertz CT molecular complexity index is 314. The highest BCUT2D eigenvalue weighted by atomic mass is 16.4. The molecule has 6 nitrogen and oxygen atoms in total. The van der Waals surface area contributed by atoms with Crippen molar-refractivity contribution in [2.24, 2.45) is 0 Å². The lowest BCUT2D eigenvalue weighted by atomic mass is 10.0. The van der Waals surface area contributed by atoms with Crippen LogP contribution in [-0.2, 0) is 4.79 Å². The third-order valence-corrected chi connectivity index (χ3v) is 3.46. The second-order valence-electron chi connectivity index (χ2n) is 5.26. The molecule has 2 N–H and O–H groups in total. The number of carbonyl (C=O) groups excluding carboxylic acids is 1. The minimum Gasteiger partial charge on any atom is -0.480 e. The van der Waals surface area contributed by atoms with Gasteiger partial charge in [0.25, 0.3) is 0 Å². The highest BCUT2D eigenvalue weighted by Gasteiger charge is 2.35. The second-order valence-corrected chi connectivity index (χ2v) is 5.26. The van der Waals surface area contributed by atoms with E-state index in [0.717, 1.165) is 19.6 Å². The van der Waals surface area contributed by atoms with Gasteiger partial charge in [0.1, 0.15) is 5.54 Å². The zero-order valence-corrected chi connectivity index (χ0v) is 12.9. The summed E-state index contributed by atoms with van der Waals surface area (Å²) in [4.78, 5) is 26.5. The number of amides is 2. The fourth-order valence-electron chi connectivity index (χ4n) is 1.62. The first-order valence-electron chi connectivity index (χ1n) is 6.66. The van der Waals surface area contributed by atoms with E-state index in [9.17, 15) is 9.59 Å². The Balaban J connectivity index is 4.49. The van der Waals surface area contributed by atoms with Gasteiger partial charge in [-0.25, -0.2) is 9.59 Å². The minimum atomic E-state index is -1.22. The van der Waals surface area contributed by atoms with E-state index < -0.39 is 11.5 Å². The molecule has 0 radical (unpaired) electrons. The number of hydrogen-bond donors (Lipinski definition) is 2. The van der Waals surface area contributed by atoms with Gasteiger partial charge in [0.05, 0.1) is 0 Å². The molecule has 0 aromatic heterocycles. The average molecular weight is 273 g/mol. The number of aliphatic carboxylic acids is 1. The van der Waals surface area contributed by atoms with Gasteiger partial charge in [0, 0.05) is 19.6 Å². The fraction of sp³-hybridized carbons (Fsp3) is 0.846. The summed E-state index contributed by atoms with van der Waals surface area (Å²) < 4.78 is 0. The predicted octanol–water partition coefficient (Wildman–Crippen LogP) is 1.22. The van der Waals surface area contributed by atoms with Gasteiger partial charge < -0.3 is 20.2 Å². The Kier molecular flexibility index (Phi) is 6.83. The van der Waals surface area contributed by atoms with Crippen LogP contribution < -0.4 is 5.32 Å².